The highest BCUT2D eigenvalue weighted by molar-refractivity contribution is 6.99. The number of aliphatic hydroxyl groups is 2. The molecule has 1 aliphatic heterocycles. The average molecular weight is 483 g/mol. The molecule has 0 spiro atoms. The summed E-state index contributed by atoms with van der Waals surface area (Å²) in [5, 5.41) is 27.3. The summed E-state index contributed by atoms with van der Waals surface area (Å²) >= 11 is 0. The van der Waals surface area contributed by atoms with Gasteiger partial charge in [0.05, 0.1) is 6.61 Å². The summed E-state index contributed by atoms with van der Waals surface area (Å²) in [5.74, 6) is -0.990. The monoisotopic (exact) mass is 482 g/mol. The maximum absolute atomic E-state index is 11.3. The molecule has 10 heteroatoms. The van der Waals surface area contributed by atoms with Crippen LogP contribution in [0.1, 0.15) is 37.6 Å². The Morgan fingerprint density at radius 1 is 1.06 bits per heavy atom. The zero-order valence-corrected chi connectivity index (χ0v) is 20.4. The van der Waals surface area contributed by atoms with Gasteiger partial charge in [-0.3, -0.25) is 4.79 Å². The van der Waals surface area contributed by atoms with Crippen LogP contribution in [-0.2, 0) is 9.16 Å². The van der Waals surface area contributed by atoms with Gasteiger partial charge in [-0.25, -0.2) is 9.67 Å². The minimum absolute atomic E-state index is 0.0549. The summed E-state index contributed by atoms with van der Waals surface area (Å²) in [7, 11) is -2.85. The molecule has 0 saturated carbocycles. The third-order valence-electron chi connectivity index (χ3n) is 6.21. The van der Waals surface area contributed by atoms with Gasteiger partial charge in [0.2, 0.25) is 5.82 Å². The van der Waals surface area contributed by atoms with Crippen molar-refractivity contribution in [1.29, 1.82) is 0 Å². The number of carbonyl (C=O) groups is 1. The van der Waals surface area contributed by atoms with E-state index in [9.17, 15) is 15.0 Å². The zero-order chi connectivity index (χ0) is 24.5. The molecule has 4 atom stereocenters. The van der Waals surface area contributed by atoms with Crippen LogP contribution < -0.4 is 16.1 Å². The SMILES string of the molecule is CC(C)(C)[Si](OC[C@H]1O[C@@H](n2cnc(C(N)=O)n2)[C@H](O)[C@@H]1O)(c1ccccc1)c1ccccc1. The molecule has 1 fully saturated rings. The first-order chi connectivity index (χ1) is 16.1. The Kier molecular flexibility index (Phi) is 6.70. The molecule has 1 aromatic heterocycles. The molecule has 34 heavy (non-hydrogen) atoms. The number of rotatable bonds is 7. The van der Waals surface area contributed by atoms with E-state index >= 15 is 0 Å². The van der Waals surface area contributed by atoms with E-state index in [1.54, 1.807) is 0 Å². The van der Waals surface area contributed by atoms with E-state index in [0.29, 0.717) is 0 Å². The first-order valence-electron chi connectivity index (χ1n) is 11.1. The first-order valence-corrected chi connectivity index (χ1v) is 13.0. The molecule has 9 nitrogen and oxygen atoms in total. The average Bonchev–Trinajstić information content (AvgIpc) is 3.41. The smallest absolute Gasteiger partial charge is 0.288 e. The highest BCUT2D eigenvalue weighted by Gasteiger charge is 2.52. The molecule has 0 unspecified atom stereocenters. The number of hydrogen-bond acceptors (Lipinski definition) is 7. The third-order valence-corrected chi connectivity index (χ3v) is 11.2. The van der Waals surface area contributed by atoms with Crippen LogP contribution in [0.25, 0.3) is 0 Å². The zero-order valence-electron chi connectivity index (χ0n) is 19.4. The van der Waals surface area contributed by atoms with Gasteiger partial charge in [0.1, 0.15) is 24.6 Å². The fourth-order valence-electron chi connectivity index (χ4n) is 4.56. The van der Waals surface area contributed by atoms with Crippen molar-refractivity contribution < 1.29 is 24.2 Å². The van der Waals surface area contributed by atoms with Gasteiger partial charge in [0.25, 0.3) is 14.2 Å². The lowest BCUT2D eigenvalue weighted by Gasteiger charge is -2.43. The molecule has 1 aliphatic rings. The minimum Gasteiger partial charge on any atom is -0.405 e. The van der Waals surface area contributed by atoms with Crippen LogP contribution in [0, 0.1) is 0 Å². The molecular weight excluding hydrogens is 452 g/mol. The second-order valence-electron chi connectivity index (χ2n) is 9.43. The number of ether oxygens (including phenoxy) is 1. The van der Waals surface area contributed by atoms with Crippen molar-refractivity contribution in [3.63, 3.8) is 0 Å². The fraction of sp³-hybridized carbons (Fsp3) is 0.375. The van der Waals surface area contributed by atoms with Crippen molar-refractivity contribution in [3.05, 3.63) is 72.8 Å². The Morgan fingerprint density at radius 2 is 1.62 bits per heavy atom. The van der Waals surface area contributed by atoms with Gasteiger partial charge in [0.15, 0.2) is 6.23 Å². The van der Waals surface area contributed by atoms with Gasteiger partial charge in [-0.2, -0.15) is 0 Å². The number of nitrogens with two attached hydrogens (primary N) is 1. The van der Waals surface area contributed by atoms with Crippen LogP contribution in [0.5, 0.6) is 0 Å². The van der Waals surface area contributed by atoms with Crippen molar-refractivity contribution in [2.45, 2.75) is 50.3 Å². The largest absolute Gasteiger partial charge is 0.405 e. The van der Waals surface area contributed by atoms with Crippen molar-refractivity contribution in [1.82, 2.24) is 14.8 Å². The van der Waals surface area contributed by atoms with Gasteiger partial charge < -0.3 is 25.1 Å². The standard InChI is InChI=1S/C24H30N4O5Si/c1-24(2,3)34(16-10-6-4-7-11-16,17-12-8-5-9-13-17)32-14-18-19(29)20(30)23(33-18)28-15-26-22(27-28)21(25)31/h4-13,15,18-20,23,29-30H,14H2,1-3H3,(H2,25,31)/t18-,19-,20-,23-/m1/s1. The highest BCUT2D eigenvalue weighted by atomic mass is 28.4. The van der Waals surface area contributed by atoms with Crippen LogP contribution in [0.15, 0.2) is 67.0 Å². The minimum atomic E-state index is -2.85. The summed E-state index contributed by atoms with van der Waals surface area (Å²) in [5.41, 5.74) is 5.22. The molecule has 3 aromatic rings. The molecule has 4 N–H and O–H groups in total. The Morgan fingerprint density at radius 3 is 2.09 bits per heavy atom. The number of amides is 1. The highest BCUT2D eigenvalue weighted by Crippen LogP contribution is 2.38. The van der Waals surface area contributed by atoms with Gasteiger partial charge >= 0.3 is 0 Å². The number of nitrogens with zero attached hydrogens (tertiary/aromatic N) is 3. The summed E-state index contributed by atoms with van der Waals surface area (Å²) in [4.78, 5) is 15.2. The predicted octanol–water partition coefficient (Wildman–Crippen LogP) is 0.573. The molecule has 0 aliphatic carbocycles. The number of carbonyl (C=O) groups excluding carboxylic acids is 1. The van der Waals surface area contributed by atoms with Crippen molar-refractivity contribution in [3.8, 4) is 0 Å². The number of aliphatic hydroxyl groups excluding tert-OH is 2. The van der Waals surface area contributed by atoms with E-state index in [1.807, 2.05) is 36.4 Å². The predicted molar refractivity (Wildman–Crippen MR) is 128 cm³/mol. The Bertz CT molecular complexity index is 1080. The molecule has 1 amide bonds. The van der Waals surface area contributed by atoms with Crippen molar-refractivity contribution in [2.24, 2.45) is 5.73 Å². The van der Waals surface area contributed by atoms with E-state index < -0.39 is 38.8 Å². The van der Waals surface area contributed by atoms with Gasteiger partial charge in [-0.1, -0.05) is 81.4 Å². The van der Waals surface area contributed by atoms with E-state index in [-0.39, 0.29) is 17.5 Å². The molecule has 180 valence electrons. The molecule has 2 heterocycles. The van der Waals surface area contributed by atoms with Crippen LogP contribution in [-0.4, -0.2) is 64.1 Å². The molecule has 4 rings (SSSR count). The van der Waals surface area contributed by atoms with E-state index in [4.69, 9.17) is 14.9 Å². The van der Waals surface area contributed by atoms with Crippen LogP contribution in [0.3, 0.4) is 0 Å². The van der Waals surface area contributed by atoms with Crippen LogP contribution in [0.4, 0.5) is 0 Å². The van der Waals surface area contributed by atoms with E-state index in [2.05, 4.69) is 55.1 Å². The van der Waals surface area contributed by atoms with Crippen molar-refractivity contribution >= 4 is 24.6 Å². The Hall–Kier alpha value is -2.89. The van der Waals surface area contributed by atoms with Crippen molar-refractivity contribution in [2.75, 3.05) is 6.61 Å². The number of benzene rings is 2. The summed E-state index contributed by atoms with van der Waals surface area (Å²) in [6.07, 6.45) is -3.10. The number of primary amides is 1. The summed E-state index contributed by atoms with van der Waals surface area (Å²) in [6.45, 7) is 6.52. The summed E-state index contributed by atoms with van der Waals surface area (Å²) in [6, 6.07) is 20.2. The first kappa shape index (κ1) is 24.2. The van der Waals surface area contributed by atoms with Gasteiger partial charge in [-0.15, -0.1) is 5.10 Å². The molecule has 0 radical (unpaired) electrons. The second-order valence-corrected chi connectivity index (χ2v) is 13.7. The Labute approximate surface area is 199 Å². The van der Waals surface area contributed by atoms with Crippen LogP contribution >= 0.6 is 0 Å². The molecular formula is C24H30N4O5Si. The fourth-order valence-corrected chi connectivity index (χ4v) is 9.13. The normalized spacial score (nSPS) is 23.2. The molecule has 2 aromatic carbocycles. The number of hydrogen-bond donors (Lipinski definition) is 3. The van der Waals surface area contributed by atoms with Crippen LogP contribution in [0.2, 0.25) is 5.04 Å². The van der Waals surface area contributed by atoms with Gasteiger partial charge in [0, 0.05) is 0 Å². The summed E-state index contributed by atoms with van der Waals surface area (Å²) < 4.78 is 14.0. The third kappa shape index (κ3) is 4.30. The maximum Gasteiger partial charge on any atom is 0.288 e. The lowest BCUT2D eigenvalue weighted by atomic mass is 10.1. The van der Waals surface area contributed by atoms with E-state index in [0.717, 1.165) is 10.4 Å². The Balaban J connectivity index is 1.65. The quantitative estimate of drug-likeness (QED) is 0.420. The van der Waals surface area contributed by atoms with E-state index in [1.165, 1.54) is 11.0 Å². The second kappa shape index (κ2) is 9.39. The number of aromatic nitrogens is 3. The lowest BCUT2D eigenvalue weighted by molar-refractivity contribution is -0.0566. The molecule has 0 bridgehead atoms. The molecule has 1 saturated heterocycles. The topological polar surface area (TPSA) is 133 Å². The maximum atomic E-state index is 11.3. The lowest BCUT2D eigenvalue weighted by Crippen LogP contribution is -2.67. The van der Waals surface area contributed by atoms with Gasteiger partial charge in [-0.05, 0) is 15.4 Å².